The van der Waals surface area contributed by atoms with Gasteiger partial charge in [-0.3, -0.25) is 0 Å². The van der Waals surface area contributed by atoms with E-state index in [4.69, 9.17) is 27.9 Å². The fraction of sp³-hybridized carbons (Fsp3) is 1.00. The molecule has 3 saturated heterocycles. The molecule has 6 nitrogen and oxygen atoms in total. The highest BCUT2D eigenvalue weighted by atomic mass is 16.7. The van der Waals surface area contributed by atoms with Gasteiger partial charge >= 0.3 is 21.7 Å². The van der Waals surface area contributed by atoms with Crippen LogP contribution in [0.5, 0.6) is 0 Å². The van der Waals surface area contributed by atoms with E-state index in [9.17, 15) is 0 Å². The maximum atomic E-state index is 5.96. The highest BCUT2D eigenvalue weighted by molar-refractivity contribution is 7.11. The normalized spacial score (nSPS) is 31.3. The first kappa shape index (κ1) is 23.2. The van der Waals surface area contributed by atoms with Crippen molar-refractivity contribution in [3.8, 4) is 0 Å². The van der Waals surface area contributed by atoms with Gasteiger partial charge in [-0.05, 0) is 83.1 Å². The summed E-state index contributed by atoms with van der Waals surface area (Å²) in [5.74, 6) is 0. The zero-order valence-corrected chi connectivity index (χ0v) is 19.2. The predicted molar refractivity (Wildman–Crippen MR) is 108 cm³/mol. The summed E-state index contributed by atoms with van der Waals surface area (Å²) in [4.78, 5) is 0. The molecule has 0 spiro atoms. The first-order chi connectivity index (χ1) is 11.8. The van der Waals surface area contributed by atoms with Crippen LogP contribution in [-0.2, 0) is 27.9 Å². The third kappa shape index (κ3) is 4.29. The summed E-state index contributed by atoms with van der Waals surface area (Å²) in [5, 5.41) is 0. The first-order valence-electron chi connectivity index (χ1n) is 9.72. The van der Waals surface area contributed by atoms with E-state index < -0.39 is 14.0 Å². The molecule has 3 aliphatic rings. The summed E-state index contributed by atoms with van der Waals surface area (Å²) in [6.45, 7) is 24.2. The Labute approximate surface area is 166 Å². The van der Waals surface area contributed by atoms with Crippen LogP contribution in [0.4, 0.5) is 0 Å². The van der Waals surface area contributed by atoms with Crippen LogP contribution in [0.15, 0.2) is 0 Å². The van der Waals surface area contributed by atoms with Gasteiger partial charge in [0, 0.05) is 0 Å². The van der Waals surface area contributed by atoms with Crippen molar-refractivity contribution in [3.63, 3.8) is 0 Å². The largest absolute Gasteiger partial charge is 0.488 e. The van der Waals surface area contributed by atoms with Crippen LogP contribution in [0.2, 0.25) is 0 Å². The molecule has 9 heteroatoms. The second-order valence-electron chi connectivity index (χ2n) is 10.6. The molecule has 153 valence electrons. The Bertz CT molecular complexity index is 479. The van der Waals surface area contributed by atoms with Crippen molar-refractivity contribution in [2.24, 2.45) is 0 Å². The van der Waals surface area contributed by atoms with E-state index >= 15 is 0 Å². The molecule has 0 bridgehead atoms. The van der Waals surface area contributed by atoms with Crippen molar-refractivity contribution in [1.29, 1.82) is 0 Å². The highest BCUT2D eigenvalue weighted by Gasteiger charge is 2.63. The number of hydrogen-bond donors (Lipinski definition) is 0. The summed E-state index contributed by atoms with van der Waals surface area (Å²) in [5.41, 5.74) is -1.81. The van der Waals surface area contributed by atoms with Crippen molar-refractivity contribution in [2.45, 2.75) is 117 Å². The molecule has 27 heavy (non-hydrogen) atoms. The molecule has 1 radical (unpaired) electrons. The lowest BCUT2D eigenvalue weighted by molar-refractivity contribution is 0.00578. The zero-order chi connectivity index (χ0) is 21.1. The molecule has 0 atom stereocenters. The average Bonchev–Trinajstić information content (AvgIpc) is 2.89. The van der Waals surface area contributed by atoms with Crippen molar-refractivity contribution in [3.05, 3.63) is 0 Å². The molecule has 0 aromatic heterocycles. The van der Waals surface area contributed by atoms with Gasteiger partial charge < -0.3 is 27.9 Å². The van der Waals surface area contributed by atoms with Crippen LogP contribution in [-0.4, -0.2) is 55.3 Å². The Hall–Kier alpha value is -0.0452. The molecule has 0 aromatic carbocycles. The Morgan fingerprint density at radius 1 is 0.407 bits per heavy atom. The van der Waals surface area contributed by atoms with Crippen LogP contribution in [0.25, 0.3) is 0 Å². The first-order valence-corrected chi connectivity index (χ1v) is 9.72. The smallest absolute Gasteiger partial charge is 0.405 e. The summed E-state index contributed by atoms with van der Waals surface area (Å²) in [6, 6.07) is 0. The fourth-order valence-corrected chi connectivity index (χ4v) is 2.55. The quantitative estimate of drug-likeness (QED) is 0.650. The van der Waals surface area contributed by atoms with E-state index in [-0.39, 0.29) is 33.6 Å². The summed E-state index contributed by atoms with van der Waals surface area (Å²) in [6.07, 6.45) is 0. The lowest BCUT2D eigenvalue weighted by Gasteiger charge is -2.32. The molecule has 0 aliphatic carbocycles. The number of rotatable bonds is 1. The van der Waals surface area contributed by atoms with Gasteiger partial charge in [-0.2, -0.15) is 0 Å². The molecule has 3 heterocycles. The van der Waals surface area contributed by atoms with Gasteiger partial charge in [-0.1, -0.05) is 0 Å². The monoisotopic (exact) mass is 381 g/mol. The van der Waals surface area contributed by atoms with Gasteiger partial charge in [0.25, 0.3) is 0 Å². The molecule has 0 N–H and O–H groups in total. The standard InChI is InChI=1S/C12H24B2O4.C6H12BO2/c1-9(2)10(3,4)16-13(15-9)14-17-11(5,6)12(7,8)18-14;1-5(2)6(3,4)9-7-8-5/h1-8H3;1-4H3. The molecule has 3 aliphatic heterocycles. The Balaban J connectivity index is 0.000000244. The SMILES string of the molecule is CC1(C)OB(B2OC(C)(C)C(C)(C)O2)OC1(C)C.CC1(C)O[B]OC1(C)C. The Kier molecular flexibility index (Phi) is 5.80. The van der Waals surface area contributed by atoms with E-state index in [1.165, 1.54) is 7.69 Å². The minimum atomic E-state index is -0.476. The van der Waals surface area contributed by atoms with E-state index in [1.54, 1.807) is 0 Å². The van der Waals surface area contributed by atoms with Gasteiger partial charge in [0.2, 0.25) is 0 Å². The second-order valence-corrected chi connectivity index (χ2v) is 10.6. The van der Waals surface area contributed by atoms with Gasteiger partial charge in [0.15, 0.2) is 0 Å². The molecule has 3 fully saturated rings. The van der Waals surface area contributed by atoms with Crippen molar-refractivity contribution < 1.29 is 27.9 Å². The summed E-state index contributed by atoms with van der Waals surface area (Å²) < 4.78 is 34.3. The third-order valence-electron chi connectivity index (χ3n) is 6.90. The van der Waals surface area contributed by atoms with Crippen molar-refractivity contribution in [1.82, 2.24) is 0 Å². The number of hydrogen-bond acceptors (Lipinski definition) is 6. The van der Waals surface area contributed by atoms with Gasteiger partial charge in [-0.15, -0.1) is 0 Å². The molecule has 0 amide bonds. The highest BCUT2D eigenvalue weighted by Crippen LogP contribution is 2.42. The lowest BCUT2D eigenvalue weighted by Crippen LogP contribution is -2.41. The Morgan fingerprint density at radius 2 is 0.630 bits per heavy atom. The maximum absolute atomic E-state index is 5.96. The molecule has 0 saturated carbocycles. The lowest BCUT2D eigenvalue weighted by atomic mass is 9.49. The van der Waals surface area contributed by atoms with Gasteiger partial charge in [0.05, 0.1) is 33.6 Å². The minimum absolute atomic E-state index is 0.187. The summed E-state index contributed by atoms with van der Waals surface area (Å²) >= 11 is 0. The average molecular weight is 381 g/mol. The summed E-state index contributed by atoms with van der Waals surface area (Å²) in [7, 11) is 0.465. The molecular formula is C18H36B3O6. The fourth-order valence-electron chi connectivity index (χ4n) is 2.55. The van der Waals surface area contributed by atoms with Gasteiger partial charge in [0.1, 0.15) is 0 Å². The van der Waals surface area contributed by atoms with Crippen LogP contribution in [0, 0.1) is 0 Å². The third-order valence-corrected chi connectivity index (χ3v) is 6.90. The Morgan fingerprint density at radius 3 is 0.778 bits per heavy atom. The van der Waals surface area contributed by atoms with Crippen LogP contribution < -0.4 is 0 Å². The van der Waals surface area contributed by atoms with Crippen molar-refractivity contribution >= 4 is 21.7 Å². The predicted octanol–water partition coefficient (Wildman–Crippen LogP) is 3.37. The molecule has 0 aromatic rings. The van der Waals surface area contributed by atoms with Crippen molar-refractivity contribution in [2.75, 3.05) is 0 Å². The van der Waals surface area contributed by atoms with Crippen LogP contribution in [0.1, 0.15) is 83.1 Å². The zero-order valence-electron chi connectivity index (χ0n) is 19.2. The molecular weight excluding hydrogens is 345 g/mol. The van der Waals surface area contributed by atoms with E-state index in [0.717, 1.165) is 0 Å². The van der Waals surface area contributed by atoms with Crippen LogP contribution >= 0.6 is 0 Å². The maximum Gasteiger partial charge on any atom is 0.488 e. The molecule has 3 rings (SSSR count). The van der Waals surface area contributed by atoms with E-state index in [0.29, 0.717) is 0 Å². The van der Waals surface area contributed by atoms with E-state index in [1.807, 2.05) is 83.1 Å². The second kappa shape index (κ2) is 6.74. The van der Waals surface area contributed by atoms with Crippen LogP contribution in [0.3, 0.4) is 0 Å². The van der Waals surface area contributed by atoms with E-state index in [2.05, 4.69) is 0 Å². The molecule has 0 unspecified atom stereocenters. The minimum Gasteiger partial charge on any atom is -0.405 e. The topological polar surface area (TPSA) is 55.4 Å². The van der Waals surface area contributed by atoms with Gasteiger partial charge in [-0.25, -0.2) is 0 Å².